The minimum atomic E-state index is -0.215. The van der Waals surface area contributed by atoms with Gasteiger partial charge in [0.05, 0.1) is 16.8 Å². The number of amidine groups is 1. The van der Waals surface area contributed by atoms with E-state index >= 15 is 0 Å². The van der Waals surface area contributed by atoms with Gasteiger partial charge in [0.2, 0.25) is 0 Å². The maximum atomic E-state index is 11.8. The van der Waals surface area contributed by atoms with Gasteiger partial charge in [-0.15, -0.1) is 0 Å². The predicted molar refractivity (Wildman–Crippen MR) is 126 cm³/mol. The molecule has 7 heteroatoms. The second-order valence-electron chi connectivity index (χ2n) is 7.91. The summed E-state index contributed by atoms with van der Waals surface area (Å²) in [6.07, 6.45) is 2.85. The molecule has 0 saturated carbocycles. The van der Waals surface area contributed by atoms with Crippen molar-refractivity contribution in [1.29, 1.82) is 0 Å². The van der Waals surface area contributed by atoms with Crippen molar-refractivity contribution in [3.63, 3.8) is 0 Å². The Kier molecular flexibility index (Phi) is 5.51. The molecule has 1 aromatic heterocycles. The molecule has 6 nitrogen and oxygen atoms in total. The standard InChI is InChI=1S/C24H24N4O2S/c25-24-27-23(29)21(31-24)14-16-7-10-19(11-8-16)30-15-18-5-3-13-28(18)22-12-9-17-4-1-2-6-20(17)26-22/h1-2,4,6-12,18,21H,3,5,13-15H2,(H2,25,27,29)/t18-,21?/m0/s1. The van der Waals surface area contributed by atoms with Crippen LogP contribution in [0.5, 0.6) is 5.75 Å². The number of hydrogen-bond acceptors (Lipinski definition) is 6. The van der Waals surface area contributed by atoms with E-state index in [1.807, 2.05) is 36.4 Å². The van der Waals surface area contributed by atoms with Gasteiger partial charge in [-0.1, -0.05) is 42.1 Å². The van der Waals surface area contributed by atoms with Crippen LogP contribution in [0, 0.1) is 0 Å². The lowest BCUT2D eigenvalue weighted by Crippen LogP contribution is -2.34. The fourth-order valence-corrected chi connectivity index (χ4v) is 5.05. The number of nitrogens with two attached hydrogens (primary N) is 1. The number of carbonyl (C=O) groups is 1. The number of amides is 1. The van der Waals surface area contributed by atoms with E-state index in [2.05, 4.69) is 34.2 Å². The zero-order valence-corrected chi connectivity index (χ0v) is 17.9. The summed E-state index contributed by atoms with van der Waals surface area (Å²) < 4.78 is 6.11. The number of carbonyl (C=O) groups excluding carboxylic acids is 1. The van der Waals surface area contributed by atoms with Crippen molar-refractivity contribution in [2.75, 3.05) is 18.1 Å². The number of hydrogen-bond donors (Lipinski definition) is 1. The first-order chi connectivity index (χ1) is 15.2. The summed E-state index contributed by atoms with van der Waals surface area (Å²) in [4.78, 5) is 22.8. The maximum absolute atomic E-state index is 11.8. The SMILES string of the molecule is NC1=NC(=O)C(Cc2ccc(OC[C@@H]3CCCN3c3ccc4ccccc4n3)cc2)S1. The molecule has 1 unspecified atom stereocenters. The molecule has 3 aromatic rings. The first-order valence-corrected chi connectivity index (χ1v) is 11.4. The molecule has 2 aliphatic rings. The van der Waals surface area contributed by atoms with Gasteiger partial charge in [-0.05, 0) is 55.2 Å². The Labute approximate surface area is 185 Å². The number of aromatic nitrogens is 1. The van der Waals surface area contributed by atoms with Gasteiger partial charge >= 0.3 is 0 Å². The topological polar surface area (TPSA) is 80.8 Å². The largest absolute Gasteiger partial charge is 0.491 e. The number of ether oxygens (including phenoxy) is 1. The molecule has 1 saturated heterocycles. The third-order valence-corrected chi connectivity index (χ3v) is 6.79. The van der Waals surface area contributed by atoms with Gasteiger partial charge in [-0.3, -0.25) is 4.79 Å². The van der Waals surface area contributed by atoms with E-state index in [0.29, 0.717) is 24.2 Å². The Morgan fingerprint density at radius 3 is 2.74 bits per heavy atom. The molecule has 31 heavy (non-hydrogen) atoms. The first kappa shape index (κ1) is 19.9. The second-order valence-corrected chi connectivity index (χ2v) is 9.13. The van der Waals surface area contributed by atoms with E-state index in [-0.39, 0.29) is 11.2 Å². The Hall–Kier alpha value is -3.06. The summed E-state index contributed by atoms with van der Waals surface area (Å²) in [5.74, 6) is 1.70. The molecule has 1 fully saturated rings. The summed E-state index contributed by atoms with van der Waals surface area (Å²) in [7, 11) is 0. The van der Waals surface area contributed by atoms with Crippen LogP contribution in [-0.2, 0) is 11.2 Å². The molecule has 158 valence electrons. The van der Waals surface area contributed by atoms with Crippen molar-refractivity contribution in [3.8, 4) is 5.75 Å². The van der Waals surface area contributed by atoms with Crippen molar-refractivity contribution in [2.24, 2.45) is 10.7 Å². The van der Waals surface area contributed by atoms with Crippen LogP contribution in [0.4, 0.5) is 5.82 Å². The summed E-state index contributed by atoms with van der Waals surface area (Å²) in [6, 6.07) is 20.7. The van der Waals surface area contributed by atoms with Crippen LogP contribution in [0.15, 0.2) is 65.7 Å². The average molecular weight is 433 g/mol. The fourth-order valence-electron chi connectivity index (χ4n) is 4.19. The molecule has 0 aliphatic carbocycles. The lowest BCUT2D eigenvalue weighted by Gasteiger charge is -2.26. The van der Waals surface area contributed by atoms with E-state index < -0.39 is 0 Å². The Morgan fingerprint density at radius 1 is 1.10 bits per heavy atom. The highest BCUT2D eigenvalue weighted by molar-refractivity contribution is 8.15. The molecule has 3 heterocycles. The molecule has 0 bridgehead atoms. The molecule has 2 aromatic carbocycles. The van der Waals surface area contributed by atoms with Crippen molar-refractivity contribution in [1.82, 2.24) is 4.98 Å². The fraction of sp³-hybridized carbons (Fsp3) is 0.292. The summed E-state index contributed by atoms with van der Waals surface area (Å²) in [6.45, 7) is 1.62. The molecule has 2 N–H and O–H groups in total. The van der Waals surface area contributed by atoms with Crippen molar-refractivity contribution in [2.45, 2.75) is 30.6 Å². The van der Waals surface area contributed by atoms with Gasteiger partial charge in [0.25, 0.3) is 5.91 Å². The van der Waals surface area contributed by atoms with Crippen LogP contribution >= 0.6 is 11.8 Å². The predicted octanol–water partition coefficient (Wildman–Crippen LogP) is 3.78. The number of rotatable bonds is 6. The number of anilines is 1. The minimum absolute atomic E-state index is 0.147. The number of benzene rings is 2. The number of pyridine rings is 1. The van der Waals surface area contributed by atoms with Gasteiger partial charge in [-0.2, -0.15) is 4.99 Å². The molecular weight excluding hydrogens is 408 g/mol. The normalized spacial score (nSPS) is 21.0. The van der Waals surface area contributed by atoms with Gasteiger partial charge in [0.15, 0.2) is 5.17 Å². The van der Waals surface area contributed by atoms with Crippen molar-refractivity contribution in [3.05, 3.63) is 66.2 Å². The van der Waals surface area contributed by atoms with Gasteiger partial charge in [0.1, 0.15) is 18.2 Å². The number of nitrogens with zero attached hydrogens (tertiary/aromatic N) is 3. The van der Waals surface area contributed by atoms with Crippen LogP contribution < -0.4 is 15.4 Å². The average Bonchev–Trinajstić information content (AvgIpc) is 3.38. The zero-order valence-electron chi connectivity index (χ0n) is 17.1. The minimum Gasteiger partial charge on any atom is -0.491 e. The Bertz CT molecular complexity index is 1130. The van der Waals surface area contributed by atoms with Crippen LogP contribution in [0.2, 0.25) is 0 Å². The van der Waals surface area contributed by atoms with E-state index in [0.717, 1.165) is 47.4 Å². The first-order valence-electron chi connectivity index (χ1n) is 10.5. The van der Waals surface area contributed by atoms with Crippen molar-refractivity contribution >= 4 is 39.6 Å². The quantitative estimate of drug-likeness (QED) is 0.638. The second kappa shape index (κ2) is 8.59. The third kappa shape index (κ3) is 4.37. The molecule has 0 radical (unpaired) electrons. The summed E-state index contributed by atoms with van der Waals surface area (Å²) in [5.41, 5.74) is 7.73. The smallest absolute Gasteiger partial charge is 0.261 e. The van der Waals surface area contributed by atoms with Crippen LogP contribution in [-0.4, -0.2) is 40.5 Å². The highest BCUT2D eigenvalue weighted by atomic mass is 32.2. The maximum Gasteiger partial charge on any atom is 0.261 e. The van der Waals surface area contributed by atoms with Gasteiger partial charge in [0, 0.05) is 11.9 Å². The van der Waals surface area contributed by atoms with E-state index in [1.165, 1.54) is 11.8 Å². The summed E-state index contributed by atoms with van der Waals surface area (Å²) in [5, 5.41) is 1.30. The number of fused-ring (bicyclic) bond motifs is 1. The summed E-state index contributed by atoms with van der Waals surface area (Å²) >= 11 is 1.33. The molecular formula is C24H24N4O2S. The highest BCUT2D eigenvalue weighted by Gasteiger charge is 2.28. The number of para-hydroxylation sites is 1. The van der Waals surface area contributed by atoms with E-state index in [1.54, 1.807) is 0 Å². The molecule has 5 rings (SSSR count). The third-order valence-electron chi connectivity index (χ3n) is 5.80. The Balaban J connectivity index is 1.20. The molecule has 2 atom stereocenters. The van der Waals surface area contributed by atoms with Crippen molar-refractivity contribution < 1.29 is 9.53 Å². The Morgan fingerprint density at radius 2 is 1.94 bits per heavy atom. The molecule has 0 spiro atoms. The number of thioether (sulfide) groups is 1. The van der Waals surface area contributed by atoms with E-state index in [9.17, 15) is 4.79 Å². The van der Waals surface area contributed by atoms with Crippen LogP contribution in [0.1, 0.15) is 18.4 Å². The lowest BCUT2D eigenvalue weighted by molar-refractivity contribution is -0.117. The monoisotopic (exact) mass is 432 g/mol. The lowest BCUT2D eigenvalue weighted by atomic mass is 10.1. The zero-order chi connectivity index (χ0) is 21.2. The van der Waals surface area contributed by atoms with Gasteiger partial charge < -0.3 is 15.4 Å². The molecule has 1 amide bonds. The number of aliphatic imine (C=N–C) groups is 1. The van der Waals surface area contributed by atoms with Crippen LogP contribution in [0.25, 0.3) is 10.9 Å². The van der Waals surface area contributed by atoms with Crippen LogP contribution in [0.3, 0.4) is 0 Å². The van der Waals surface area contributed by atoms with Gasteiger partial charge in [-0.25, -0.2) is 4.98 Å². The molecule has 2 aliphatic heterocycles. The van der Waals surface area contributed by atoms with E-state index in [4.69, 9.17) is 15.5 Å². The highest BCUT2D eigenvalue weighted by Crippen LogP contribution is 2.27.